The largest absolute Gasteiger partial charge is 0.430 e. The van der Waals surface area contributed by atoms with Gasteiger partial charge in [0.25, 0.3) is 0 Å². The van der Waals surface area contributed by atoms with E-state index < -0.39 is 0 Å². The molecule has 1 aromatic carbocycles. The third-order valence-electron chi connectivity index (χ3n) is 4.09. The molecule has 0 bridgehead atoms. The van der Waals surface area contributed by atoms with Gasteiger partial charge in [-0.3, -0.25) is 4.79 Å². The average molecular weight is 256 g/mol. The number of benzene rings is 1. The summed E-state index contributed by atoms with van der Waals surface area (Å²) in [6, 6.07) is 5.99. The molecule has 1 aliphatic heterocycles. The molecule has 4 heteroatoms. The zero-order valence-electron chi connectivity index (χ0n) is 11.2. The first-order valence-corrected chi connectivity index (χ1v) is 7.21. The molecule has 1 aromatic rings. The van der Waals surface area contributed by atoms with Crippen molar-refractivity contribution in [2.45, 2.75) is 45.1 Å². The van der Waals surface area contributed by atoms with Crippen LogP contribution >= 0.6 is 0 Å². The first-order chi connectivity index (χ1) is 9.33. The van der Waals surface area contributed by atoms with E-state index in [1.54, 1.807) is 7.48 Å². The number of fused-ring (bicyclic) bond motifs is 1. The molecule has 1 amide bonds. The van der Waals surface area contributed by atoms with Crippen LogP contribution in [0.4, 0.5) is 5.69 Å². The third kappa shape index (κ3) is 3.00. The van der Waals surface area contributed by atoms with E-state index in [-0.39, 0.29) is 11.8 Å². The summed E-state index contributed by atoms with van der Waals surface area (Å²) in [6.45, 7) is 0.645. The lowest BCUT2D eigenvalue weighted by Crippen LogP contribution is -2.23. The van der Waals surface area contributed by atoms with Gasteiger partial charge in [0.05, 0.1) is 6.61 Å². The second-order valence-electron chi connectivity index (χ2n) is 5.52. The fourth-order valence-corrected chi connectivity index (χ4v) is 2.92. The molecule has 0 unspecified atom stereocenters. The number of carbonyl (C=O) groups is 1. The molecule has 3 rings (SSSR count). The van der Waals surface area contributed by atoms with Gasteiger partial charge in [-0.1, -0.05) is 31.7 Å². The summed E-state index contributed by atoms with van der Waals surface area (Å²) in [4.78, 5) is 12.3. The Kier molecular flexibility index (Phi) is 3.88. The van der Waals surface area contributed by atoms with E-state index in [4.69, 9.17) is 4.65 Å². The number of amides is 1. The first kappa shape index (κ1) is 12.7. The van der Waals surface area contributed by atoms with Crippen LogP contribution in [-0.2, 0) is 16.1 Å². The molecule has 0 spiro atoms. The van der Waals surface area contributed by atoms with Crippen LogP contribution < -0.4 is 10.8 Å². The Hall–Kier alpha value is -1.29. The van der Waals surface area contributed by atoms with Gasteiger partial charge < -0.3 is 9.97 Å². The van der Waals surface area contributed by atoms with Crippen LogP contribution in [0.25, 0.3) is 0 Å². The highest BCUT2D eigenvalue weighted by atomic mass is 16.4. The zero-order chi connectivity index (χ0) is 13.1. The van der Waals surface area contributed by atoms with E-state index in [0.29, 0.717) is 6.61 Å². The molecule has 1 heterocycles. The van der Waals surface area contributed by atoms with E-state index in [1.165, 1.54) is 31.2 Å². The highest BCUT2D eigenvalue weighted by molar-refractivity contribution is 6.49. The van der Waals surface area contributed by atoms with Crippen molar-refractivity contribution in [3.05, 3.63) is 23.8 Å². The predicted molar refractivity (Wildman–Crippen MR) is 76.4 cm³/mol. The lowest BCUT2D eigenvalue weighted by Gasteiger charge is -2.14. The molecule has 1 N–H and O–H groups in total. The van der Waals surface area contributed by atoms with Gasteiger partial charge in [-0.2, -0.15) is 0 Å². The summed E-state index contributed by atoms with van der Waals surface area (Å²) in [5, 5.41) is 3.05. The van der Waals surface area contributed by atoms with Crippen molar-refractivity contribution in [2.24, 2.45) is 5.92 Å². The normalized spacial score (nSPS) is 19.4. The molecule has 1 saturated carbocycles. The fraction of sp³-hybridized carbons (Fsp3) is 0.533. The Morgan fingerprint density at radius 3 is 2.79 bits per heavy atom. The first-order valence-electron chi connectivity index (χ1n) is 7.21. The van der Waals surface area contributed by atoms with Gasteiger partial charge in [0.2, 0.25) is 5.91 Å². The molecule has 0 aromatic heterocycles. The fourth-order valence-electron chi connectivity index (χ4n) is 2.92. The summed E-state index contributed by atoms with van der Waals surface area (Å²) >= 11 is 0. The number of hydrogen-bond acceptors (Lipinski definition) is 2. The van der Waals surface area contributed by atoms with Crippen molar-refractivity contribution >= 4 is 24.5 Å². The monoisotopic (exact) mass is 256 g/mol. The van der Waals surface area contributed by atoms with E-state index in [2.05, 4.69) is 5.32 Å². The van der Waals surface area contributed by atoms with Crippen molar-refractivity contribution in [1.29, 1.82) is 0 Å². The van der Waals surface area contributed by atoms with Gasteiger partial charge in [0, 0.05) is 11.6 Å². The van der Waals surface area contributed by atoms with E-state index >= 15 is 0 Å². The van der Waals surface area contributed by atoms with Crippen LogP contribution in [0.3, 0.4) is 0 Å². The van der Waals surface area contributed by atoms with Crippen molar-refractivity contribution < 1.29 is 9.45 Å². The second-order valence-corrected chi connectivity index (χ2v) is 5.52. The van der Waals surface area contributed by atoms with Gasteiger partial charge in [0.15, 0.2) is 0 Å². The number of anilines is 1. The summed E-state index contributed by atoms with van der Waals surface area (Å²) < 4.78 is 5.27. The molecular formula is C15H19BNO2. The van der Waals surface area contributed by atoms with Gasteiger partial charge in [0.1, 0.15) is 0 Å². The van der Waals surface area contributed by atoms with Crippen LogP contribution in [0.5, 0.6) is 0 Å². The molecule has 1 fully saturated rings. The molecule has 0 saturated heterocycles. The topological polar surface area (TPSA) is 38.3 Å². The summed E-state index contributed by atoms with van der Waals surface area (Å²) in [5.74, 6) is 0.372. The SMILES string of the molecule is O=C(Nc1ccc2c(c1)[B]OC2)C1CCCCCC1. The van der Waals surface area contributed by atoms with Crippen molar-refractivity contribution in [3.63, 3.8) is 0 Å². The van der Waals surface area contributed by atoms with Crippen LogP contribution in [0.15, 0.2) is 18.2 Å². The standard InChI is InChI=1S/C15H19BNO2/c18-15(11-5-3-1-2-4-6-11)17-13-8-7-12-10-19-16-14(12)9-13/h7-9,11H,1-6,10H2,(H,17,18). The molecule has 19 heavy (non-hydrogen) atoms. The van der Waals surface area contributed by atoms with Crippen LogP contribution in [-0.4, -0.2) is 13.4 Å². The van der Waals surface area contributed by atoms with Crippen LogP contribution in [0, 0.1) is 5.92 Å². The Labute approximate surface area is 115 Å². The lowest BCUT2D eigenvalue weighted by molar-refractivity contribution is -0.120. The van der Waals surface area contributed by atoms with Gasteiger partial charge in [-0.05, 0) is 36.0 Å². The van der Waals surface area contributed by atoms with E-state index in [0.717, 1.165) is 24.0 Å². The average Bonchev–Trinajstić information content (AvgIpc) is 2.71. The highest BCUT2D eigenvalue weighted by Gasteiger charge is 2.21. The minimum absolute atomic E-state index is 0.181. The highest BCUT2D eigenvalue weighted by Crippen LogP contribution is 2.24. The summed E-state index contributed by atoms with van der Waals surface area (Å²) in [5.41, 5.74) is 3.15. The Morgan fingerprint density at radius 1 is 1.21 bits per heavy atom. The molecule has 0 atom stereocenters. The number of carbonyl (C=O) groups excluding carboxylic acids is 1. The third-order valence-corrected chi connectivity index (χ3v) is 4.09. The maximum Gasteiger partial charge on any atom is 0.330 e. The zero-order valence-corrected chi connectivity index (χ0v) is 11.2. The maximum absolute atomic E-state index is 12.3. The lowest BCUT2D eigenvalue weighted by atomic mass is 9.87. The van der Waals surface area contributed by atoms with E-state index in [1.807, 2.05) is 18.2 Å². The quantitative estimate of drug-likeness (QED) is 0.651. The minimum Gasteiger partial charge on any atom is -0.430 e. The summed E-state index contributed by atoms with van der Waals surface area (Å²) in [6.07, 6.45) is 6.98. The number of rotatable bonds is 2. The Bertz CT molecular complexity index is 467. The van der Waals surface area contributed by atoms with Gasteiger partial charge in [-0.15, -0.1) is 0 Å². The molecule has 99 valence electrons. The molecular weight excluding hydrogens is 237 g/mol. The van der Waals surface area contributed by atoms with Crippen molar-refractivity contribution in [1.82, 2.24) is 0 Å². The molecule has 2 aliphatic rings. The smallest absolute Gasteiger partial charge is 0.330 e. The Balaban J connectivity index is 1.65. The molecule has 3 nitrogen and oxygen atoms in total. The number of hydrogen-bond donors (Lipinski definition) is 1. The molecule has 1 aliphatic carbocycles. The van der Waals surface area contributed by atoms with Crippen molar-refractivity contribution in [2.75, 3.05) is 5.32 Å². The van der Waals surface area contributed by atoms with Crippen molar-refractivity contribution in [3.8, 4) is 0 Å². The van der Waals surface area contributed by atoms with Crippen LogP contribution in [0.2, 0.25) is 0 Å². The molecule has 1 radical (unpaired) electrons. The number of nitrogens with one attached hydrogen (secondary N) is 1. The second kappa shape index (κ2) is 5.78. The van der Waals surface area contributed by atoms with Gasteiger partial charge >= 0.3 is 7.48 Å². The Morgan fingerprint density at radius 2 is 2.00 bits per heavy atom. The maximum atomic E-state index is 12.3. The van der Waals surface area contributed by atoms with Gasteiger partial charge in [-0.25, -0.2) is 0 Å². The van der Waals surface area contributed by atoms with Crippen LogP contribution in [0.1, 0.15) is 44.1 Å². The van der Waals surface area contributed by atoms with E-state index in [9.17, 15) is 4.79 Å². The predicted octanol–water partition coefficient (Wildman–Crippen LogP) is 2.37. The summed E-state index contributed by atoms with van der Waals surface area (Å²) in [7, 11) is 1.76. The minimum atomic E-state index is 0.181.